The van der Waals surface area contributed by atoms with E-state index in [0.717, 1.165) is 0 Å². The number of hydrogen-bond donors (Lipinski definition) is 0. The number of rotatable bonds is 0. The normalized spacial score (nSPS) is 32.3. The predicted octanol–water partition coefficient (Wildman–Crippen LogP) is -0.207. The molecule has 1 aliphatic heterocycles. The Hall–Kier alpha value is -0.460. The van der Waals surface area contributed by atoms with Gasteiger partial charge in [-0.2, -0.15) is 34.0 Å². The van der Waals surface area contributed by atoms with Crippen LogP contribution in [-0.2, 0) is 28.6 Å². The first-order chi connectivity index (χ1) is 5.91. The van der Waals surface area contributed by atoms with Crippen LogP contribution in [0, 0.1) is 0 Å². The van der Waals surface area contributed by atoms with Crippen molar-refractivity contribution in [3.8, 4) is 0 Å². The van der Waals surface area contributed by atoms with Crippen molar-refractivity contribution in [2.75, 3.05) is 0 Å². The average Bonchev–Trinajstić information content (AvgIpc) is 1.77. The van der Waals surface area contributed by atoms with Crippen molar-refractivity contribution in [2.24, 2.45) is 0 Å². The Morgan fingerprint density at radius 1 is 0.786 bits per heavy atom. The van der Waals surface area contributed by atoms with E-state index >= 15 is 0 Å². The van der Waals surface area contributed by atoms with E-state index in [-0.39, 0.29) is 0 Å². The van der Waals surface area contributed by atoms with Gasteiger partial charge in [0.25, 0.3) is 0 Å². The molecule has 84 valence electrons. The Morgan fingerprint density at radius 2 is 1.07 bits per heavy atom. The second-order valence-electron chi connectivity index (χ2n) is 2.00. The van der Waals surface area contributed by atoms with Crippen molar-refractivity contribution in [3.63, 3.8) is 0 Å². The van der Waals surface area contributed by atoms with E-state index in [0.29, 0.717) is 0 Å². The van der Waals surface area contributed by atoms with E-state index in [1.165, 1.54) is 0 Å². The van der Waals surface area contributed by atoms with Gasteiger partial charge in [-0.25, -0.2) is 0 Å². The molecule has 0 atom stereocenters. The van der Waals surface area contributed by atoms with Gasteiger partial charge in [0.2, 0.25) is 0 Å². The average molecular weight is 260 g/mol. The molecule has 0 aromatic rings. The number of halogens is 4. The van der Waals surface area contributed by atoms with Crippen LogP contribution in [0.4, 0.5) is 17.6 Å². The Balaban J connectivity index is 3.43. The van der Waals surface area contributed by atoms with Crippen molar-refractivity contribution >= 4 is 20.2 Å². The maximum atomic E-state index is 12.3. The molecule has 0 spiro atoms. The summed E-state index contributed by atoms with van der Waals surface area (Å²) in [6.45, 7) is 0. The molecule has 0 aromatic heterocycles. The van der Waals surface area contributed by atoms with Gasteiger partial charge in [-0.05, 0) is 0 Å². The van der Waals surface area contributed by atoms with Crippen LogP contribution >= 0.6 is 0 Å². The maximum absolute atomic E-state index is 12.3. The molecular formula is C2F4O6S2. The molecule has 0 aliphatic carbocycles. The smallest absolute Gasteiger partial charge is 0.191 e. The highest BCUT2D eigenvalue weighted by atomic mass is 32.3. The third-order valence-corrected chi connectivity index (χ3v) is 4.21. The first-order valence-electron chi connectivity index (χ1n) is 2.57. The minimum Gasteiger partial charge on any atom is -0.191 e. The van der Waals surface area contributed by atoms with Gasteiger partial charge in [0.1, 0.15) is 0 Å². The molecule has 14 heavy (non-hydrogen) atoms. The summed E-state index contributed by atoms with van der Waals surface area (Å²) in [6.07, 6.45) is -5.15. The molecule has 0 amide bonds. The third-order valence-electron chi connectivity index (χ3n) is 0.996. The Morgan fingerprint density at radius 3 is 1.36 bits per heavy atom. The zero-order chi connectivity index (χ0) is 11.4. The molecule has 0 N–H and O–H groups in total. The second-order valence-corrected chi connectivity index (χ2v) is 5.44. The Kier molecular flexibility index (Phi) is 2.12. The molecule has 0 unspecified atom stereocenters. The molecule has 0 saturated carbocycles. The highest BCUT2D eigenvalue weighted by molar-refractivity contribution is 8.05. The van der Waals surface area contributed by atoms with Crippen molar-refractivity contribution in [1.82, 2.24) is 0 Å². The molecule has 1 fully saturated rings. The van der Waals surface area contributed by atoms with Gasteiger partial charge in [-0.1, -0.05) is 0 Å². The molecule has 1 heterocycles. The summed E-state index contributed by atoms with van der Waals surface area (Å²) < 4.78 is 89.0. The lowest BCUT2D eigenvalue weighted by Gasteiger charge is -2.25. The summed E-state index contributed by atoms with van der Waals surface area (Å²) in [7, 11) is -12.5. The topological polar surface area (TPSA) is 86.7 Å². The predicted molar refractivity (Wildman–Crippen MR) is 29.9 cm³/mol. The highest BCUT2D eigenvalue weighted by Crippen LogP contribution is 2.42. The van der Waals surface area contributed by atoms with Crippen LogP contribution in [0.3, 0.4) is 0 Å². The third kappa shape index (κ3) is 1.47. The molecule has 6 nitrogen and oxygen atoms in total. The molecule has 0 bridgehead atoms. The lowest BCUT2D eigenvalue weighted by Crippen LogP contribution is -2.51. The highest BCUT2D eigenvalue weighted by Gasteiger charge is 2.70. The van der Waals surface area contributed by atoms with Crippen LogP contribution in [0.2, 0.25) is 0 Å². The summed E-state index contributed by atoms with van der Waals surface area (Å²) in [4.78, 5) is 0. The standard InChI is InChI=1S/C2F4O6S2/c3-1(4)11-13(7,8)2(5,6)14(9,10)12-1. The van der Waals surface area contributed by atoms with E-state index in [2.05, 4.69) is 8.37 Å². The van der Waals surface area contributed by atoms with Gasteiger partial charge < -0.3 is 0 Å². The Bertz CT molecular complexity index is 406. The summed E-state index contributed by atoms with van der Waals surface area (Å²) in [6, 6.07) is 0. The van der Waals surface area contributed by atoms with Crippen LogP contribution in [0.5, 0.6) is 0 Å². The zero-order valence-corrected chi connectivity index (χ0v) is 7.41. The molecule has 1 saturated heterocycles. The van der Waals surface area contributed by atoms with Crippen molar-refractivity contribution in [2.45, 2.75) is 10.9 Å². The zero-order valence-electron chi connectivity index (χ0n) is 5.78. The number of hydrogen-bond acceptors (Lipinski definition) is 6. The number of alkyl halides is 4. The van der Waals surface area contributed by atoms with Crippen LogP contribution in [0.15, 0.2) is 0 Å². The van der Waals surface area contributed by atoms with Crippen molar-refractivity contribution in [3.05, 3.63) is 0 Å². The van der Waals surface area contributed by atoms with Gasteiger partial charge in [-0.3, -0.25) is 0 Å². The quantitative estimate of drug-likeness (QED) is 0.442. The minimum absolute atomic E-state index is 2.50. The van der Waals surface area contributed by atoms with Gasteiger partial charge in [0, 0.05) is 0 Å². The summed E-state index contributed by atoms with van der Waals surface area (Å²) in [5.41, 5.74) is 0. The van der Waals surface area contributed by atoms with E-state index in [1.54, 1.807) is 0 Å². The first-order valence-corrected chi connectivity index (χ1v) is 5.39. The van der Waals surface area contributed by atoms with Gasteiger partial charge in [0.15, 0.2) is 0 Å². The molecule has 12 heteroatoms. The van der Waals surface area contributed by atoms with Crippen LogP contribution < -0.4 is 0 Å². The van der Waals surface area contributed by atoms with E-state index in [9.17, 15) is 34.4 Å². The fraction of sp³-hybridized carbons (Fsp3) is 1.00. The monoisotopic (exact) mass is 260 g/mol. The van der Waals surface area contributed by atoms with E-state index in [1.807, 2.05) is 0 Å². The van der Waals surface area contributed by atoms with Crippen molar-refractivity contribution in [1.29, 1.82) is 0 Å². The van der Waals surface area contributed by atoms with E-state index in [4.69, 9.17) is 0 Å². The largest absolute Gasteiger partial charge is 0.515 e. The molecule has 0 radical (unpaired) electrons. The Labute approximate surface area is 74.7 Å². The first kappa shape index (κ1) is 11.6. The second kappa shape index (κ2) is 2.56. The lowest BCUT2D eigenvalue weighted by molar-refractivity contribution is -0.313. The van der Waals surface area contributed by atoms with Gasteiger partial charge in [0.05, 0.1) is 0 Å². The van der Waals surface area contributed by atoms with Crippen LogP contribution in [0.1, 0.15) is 0 Å². The van der Waals surface area contributed by atoms with Crippen LogP contribution in [-0.4, -0.2) is 27.7 Å². The van der Waals surface area contributed by atoms with Gasteiger partial charge in [-0.15, -0.1) is 8.78 Å². The molecule has 1 aliphatic rings. The summed E-state index contributed by atoms with van der Waals surface area (Å²) >= 11 is 0. The SMILES string of the molecule is O=S1(=O)OC(F)(F)OS(=O)(=O)C1(F)F. The van der Waals surface area contributed by atoms with Gasteiger partial charge >= 0.3 is 31.1 Å². The molecular weight excluding hydrogens is 260 g/mol. The summed E-state index contributed by atoms with van der Waals surface area (Å²) in [5, 5.41) is 0. The van der Waals surface area contributed by atoms with Crippen LogP contribution in [0.25, 0.3) is 0 Å². The molecule has 0 aromatic carbocycles. The fourth-order valence-corrected chi connectivity index (χ4v) is 2.51. The maximum Gasteiger partial charge on any atom is 0.515 e. The van der Waals surface area contributed by atoms with E-state index < -0.39 is 31.1 Å². The molecule has 1 rings (SSSR count). The summed E-state index contributed by atoms with van der Waals surface area (Å²) in [5.74, 6) is 0. The minimum atomic E-state index is -6.27. The van der Waals surface area contributed by atoms with Crippen molar-refractivity contribution < 1.29 is 42.8 Å². The fourth-order valence-electron chi connectivity index (χ4n) is 0.491. The lowest BCUT2D eigenvalue weighted by atomic mass is 11.3.